The molecular weight excluding hydrogens is 162 g/mol. The van der Waals surface area contributed by atoms with E-state index in [1.165, 1.54) is 19.3 Å². The lowest BCUT2D eigenvalue weighted by molar-refractivity contribution is 0.432. The van der Waals surface area contributed by atoms with Crippen LogP contribution in [0.1, 0.15) is 19.3 Å². The zero-order chi connectivity index (χ0) is 8.93. The van der Waals surface area contributed by atoms with Crippen molar-refractivity contribution in [3.05, 3.63) is 24.4 Å². The second-order valence-corrected chi connectivity index (χ2v) is 3.36. The van der Waals surface area contributed by atoms with E-state index in [9.17, 15) is 0 Å². The van der Waals surface area contributed by atoms with E-state index in [0.717, 1.165) is 12.4 Å². The maximum Gasteiger partial charge on any atom is 0.127 e. The zero-order valence-electron chi connectivity index (χ0n) is 7.66. The third-order valence-corrected chi connectivity index (χ3v) is 2.30. The summed E-state index contributed by atoms with van der Waals surface area (Å²) in [5.41, 5.74) is 0. The number of hydrogen-bond donors (Lipinski definition) is 2. The van der Waals surface area contributed by atoms with Crippen LogP contribution in [-0.4, -0.2) is 17.7 Å². The highest BCUT2D eigenvalue weighted by molar-refractivity contribution is 5.34. The highest BCUT2D eigenvalue weighted by atomic mass is 15.2. The first-order valence-corrected chi connectivity index (χ1v) is 4.86. The molecule has 0 amide bonds. The molecule has 3 heteroatoms. The van der Waals surface area contributed by atoms with Crippen molar-refractivity contribution in [2.75, 3.05) is 11.9 Å². The first kappa shape index (κ1) is 8.51. The highest BCUT2D eigenvalue weighted by Crippen LogP contribution is 2.09. The van der Waals surface area contributed by atoms with Crippen LogP contribution in [0.25, 0.3) is 0 Å². The molecule has 0 aromatic carbocycles. The number of nitrogens with one attached hydrogen (secondary N) is 2. The van der Waals surface area contributed by atoms with Gasteiger partial charge in [-0.2, -0.15) is 0 Å². The molecule has 1 aromatic rings. The minimum absolute atomic E-state index is 0.406. The van der Waals surface area contributed by atoms with Gasteiger partial charge in [0, 0.05) is 6.20 Å². The van der Waals surface area contributed by atoms with E-state index in [1.54, 1.807) is 0 Å². The molecule has 1 aliphatic rings. The van der Waals surface area contributed by atoms with Crippen molar-refractivity contribution in [3.8, 4) is 0 Å². The standard InChI is InChI=1S/C10H15N3/c1-3-7-11-9(5-1)13-10-6-2-4-8-12-10/h1,3,5,7,10,12H,2,4,6,8H2,(H,11,13). The molecule has 1 fully saturated rings. The number of aromatic nitrogens is 1. The average Bonchev–Trinajstić information content (AvgIpc) is 2.21. The lowest BCUT2D eigenvalue weighted by Crippen LogP contribution is -2.40. The van der Waals surface area contributed by atoms with E-state index in [1.807, 2.05) is 24.4 Å². The van der Waals surface area contributed by atoms with Gasteiger partial charge >= 0.3 is 0 Å². The third-order valence-electron chi connectivity index (χ3n) is 2.30. The van der Waals surface area contributed by atoms with Crippen LogP contribution in [0.15, 0.2) is 24.4 Å². The lowest BCUT2D eigenvalue weighted by atomic mass is 10.1. The van der Waals surface area contributed by atoms with Gasteiger partial charge in [-0.05, 0) is 37.9 Å². The third kappa shape index (κ3) is 2.42. The van der Waals surface area contributed by atoms with E-state index in [4.69, 9.17) is 0 Å². The minimum Gasteiger partial charge on any atom is -0.355 e. The van der Waals surface area contributed by atoms with Crippen LogP contribution in [-0.2, 0) is 0 Å². The number of hydrogen-bond acceptors (Lipinski definition) is 3. The van der Waals surface area contributed by atoms with Crippen LogP contribution >= 0.6 is 0 Å². The summed E-state index contributed by atoms with van der Waals surface area (Å²) in [5, 5.41) is 6.78. The van der Waals surface area contributed by atoms with Crippen molar-refractivity contribution in [3.63, 3.8) is 0 Å². The van der Waals surface area contributed by atoms with Crippen LogP contribution in [0.4, 0.5) is 5.82 Å². The number of rotatable bonds is 2. The van der Waals surface area contributed by atoms with Gasteiger partial charge in [0.2, 0.25) is 0 Å². The fourth-order valence-corrected chi connectivity index (χ4v) is 1.60. The fourth-order valence-electron chi connectivity index (χ4n) is 1.60. The first-order valence-electron chi connectivity index (χ1n) is 4.86. The molecule has 0 saturated carbocycles. The number of nitrogens with zero attached hydrogens (tertiary/aromatic N) is 1. The Morgan fingerprint density at radius 2 is 2.38 bits per heavy atom. The van der Waals surface area contributed by atoms with E-state index >= 15 is 0 Å². The Hall–Kier alpha value is -1.09. The van der Waals surface area contributed by atoms with Gasteiger partial charge in [-0.25, -0.2) is 4.98 Å². The summed E-state index contributed by atoms with van der Waals surface area (Å²) in [5.74, 6) is 0.960. The van der Waals surface area contributed by atoms with E-state index in [-0.39, 0.29) is 0 Å². The Kier molecular flexibility index (Phi) is 2.77. The quantitative estimate of drug-likeness (QED) is 0.720. The van der Waals surface area contributed by atoms with Crippen molar-refractivity contribution < 1.29 is 0 Å². The molecular formula is C10H15N3. The normalized spacial score (nSPS) is 22.6. The summed E-state index contributed by atoms with van der Waals surface area (Å²) in [6.45, 7) is 1.12. The van der Waals surface area contributed by atoms with Crippen molar-refractivity contribution in [2.45, 2.75) is 25.4 Å². The number of pyridine rings is 1. The highest BCUT2D eigenvalue weighted by Gasteiger charge is 2.11. The molecule has 1 aromatic heterocycles. The summed E-state index contributed by atoms with van der Waals surface area (Å²) < 4.78 is 0. The van der Waals surface area contributed by atoms with Crippen molar-refractivity contribution in [1.82, 2.24) is 10.3 Å². The molecule has 1 atom stereocenters. The zero-order valence-corrected chi connectivity index (χ0v) is 7.66. The van der Waals surface area contributed by atoms with Crippen molar-refractivity contribution in [1.29, 1.82) is 0 Å². The Labute approximate surface area is 78.6 Å². The molecule has 2 heterocycles. The van der Waals surface area contributed by atoms with Crippen LogP contribution in [0, 0.1) is 0 Å². The molecule has 70 valence electrons. The van der Waals surface area contributed by atoms with Crippen LogP contribution in [0.2, 0.25) is 0 Å². The Balaban J connectivity index is 1.90. The molecule has 1 saturated heterocycles. The second kappa shape index (κ2) is 4.23. The van der Waals surface area contributed by atoms with Gasteiger partial charge in [-0.1, -0.05) is 6.07 Å². The van der Waals surface area contributed by atoms with Gasteiger partial charge in [-0.15, -0.1) is 0 Å². The molecule has 1 aliphatic heterocycles. The predicted octanol–water partition coefficient (Wildman–Crippen LogP) is 1.59. The molecule has 0 spiro atoms. The lowest BCUT2D eigenvalue weighted by Gasteiger charge is -2.24. The van der Waals surface area contributed by atoms with Gasteiger partial charge in [0.1, 0.15) is 5.82 Å². The molecule has 3 nitrogen and oxygen atoms in total. The fraction of sp³-hybridized carbons (Fsp3) is 0.500. The smallest absolute Gasteiger partial charge is 0.127 e. The summed E-state index contributed by atoms with van der Waals surface area (Å²) in [6, 6.07) is 5.92. The summed E-state index contributed by atoms with van der Waals surface area (Å²) in [6.07, 6.45) is 6.00. The van der Waals surface area contributed by atoms with Crippen molar-refractivity contribution in [2.24, 2.45) is 0 Å². The van der Waals surface area contributed by atoms with Crippen LogP contribution in [0.3, 0.4) is 0 Å². The minimum atomic E-state index is 0.406. The van der Waals surface area contributed by atoms with Gasteiger partial charge in [0.25, 0.3) is 0 Å². The Bertz CT molecular complexity index is 242. The van der Waals surface area contributed by atoms with Gasteiger partial charge < -0.3 is 5.32 Å². The Morgan fingerprint density at radius 1 is 1.38 bits per heavy atom. The summed E-state index contributed by atoms with van der Waals surface area (Å²) in [4.78, 5) is 4.22. The van der Waals surface area contributed by atoms with Gasteiger partial charge in [-0.3, -0.25) is 5.32 Å². The Morgan fingerprint density at radius 3 is 3.08 bits per heavy atom. The topological polar surface area (TPSA) is 37.0 Å². The monoisotopic (exact) mass is 177 g/mol. The average molecular weight is 177 g/mol. The second-order valence-electron chi connectivity index (χ2n) is 3.36. The first-order chi connectivity index (χ1) is 6.45. The van der Waals surface area contributed by atoms with E-state index in [0.29, 0.717) is 6.17 Å². The molecule has 1 unspecified atom stereocenters. The molecule has 0 radical (unpaired) electrons. The van der Waals surface area contributed by atoms with Crippen LogP contribution in [0.5, 0.6) is 0 Å². The molecule has 2 rings (SSSR count). The molecule has 0 aliphatic carbocycles. The van der Waals surface area contributed by atoms with Gasteiger partial charge in [0.15, 0.2) is 0 Å². The summed E-state index contributed by atoms with van der Waals surface area (Å²) >= 11 is 0. The SMILES string of the molecule is c1ccc(NC2CCCCN2)nc1. The molecule has 13 heavy (non-hydrogen) atoms. The van der Waals surface area contributed by atoms with Gasteiger partial charge in [0.05, 0.1) is 6.17 Å². The van der Waals surface area contributed by atoms with Crippen molar-refractivity contribution >= 4 is 5.82 Å². The summed E-state index contributed by atoms with van der Waals surface area (Å²) in [7, 11) is 0. The number of anilines is 1. The van der Waals surface area contributed by atoms with E-state index < -0.39 is 0 Å². The molecule has 2 N–H and O–H groups in total. The van der Waals surface area contributed by atoms with E-state index in [2.05, 4.69) is 15.6 Å². The maximum atomic E-state index is 4.22. The molecule has 0 bridgehead atoms. The maximum absolute atomic E-state index is 4.22. The largest absolute Gasteiger partial charge is 0.355 e. The predicted molar refractivity (Wildman–Crippen MR) is 53.5 cm³/mol. The van der Waals surface area contributed by atoms with Crippen LogP contribution < -0.4 is 10.6 Å². The number of piperidine rings is 1.